The van der Waals surface area contributed by atoms with Crippen LogP contribution in [0.25, 0.3) is 5.69 Å². The Bertz CT molecular complexity index is 1060. The Morgan fingerprint density at radius 1 is 1.11 bits per heavy atom. The lowest BCUT2D eigenvalue weighted by Crippen LogP contribution is -2.32. The number of amides is 1. The Morgan fingerprint density at radius 3 is 2.54 bits per heavy atom. The van der Waals surface area contributed by atoms with Crippen LogP contribution in [0.2, 0.25) is 0 Å². The molecule has 0 bridgehead atoms. The van der Waals surface area contributed by atoms with Crippen LogP contribution >= 0.6 is 0 Å². The van der Waals surface area contributed by atoms with Gasteiger partial charge >= 0.3 is 5.69 Å². The first-order valence-electron chi connectivity index (χ1n) is 9.65. The summed E-state index contributed by atoms with van der Waals surface area (Å²) in [6, 6.07) is 15.2. The summed E-state index contributed by atoms with van der Waals surface area (Å²) in [5, 5.41) is 7.45. The highest BCUT2D eigenvalue weighted by molar-refractivity contribution is 5.94. The molecule has 6 heteroatoms. The second kappa shape index (κ2) is 7.46. The molecule has 0 spiro atoms. The van der Waals surface area contributed by atoms with Crippen LogP contribution in [-0.4, -0.2) is 26.8 Å². The maximum atomic E-state index is 12.9. The van der Waals surface area contributed by atoms with E-state index >= 15 is 0 Å². The number of rotatable bonds is 6. The first-order valence-corrected chi connectivity index (χ1v) is 9.65. The number of aryl methyl sites for hydroxylation is 2. The Balaban J connectivity index is 1.49. The molecule has 0 aliphatic heterocycles. The highest BCUT2D eigenvalue weighted by Gasteiger charge is 2.31. The largest absolute Gasteiger partial charge is 0.350 e. The van der Waals surface area contributed by atoms with E-state index in [1.54, 1.807) is 4.57 Å². The molecular formula is C22H24N4O2. The number of carbonyl (C=O) groups is 1. The standard InChI is InChI=1S/C22H24N4O2/c1-15-8-9-18(14-16(15)2)21(27)23-12-13-25-22(28)26(19-6-4-3-5-7-19)20(24-25)17-10-11-17/h3-9,14,17H,10-13H2,1-2H3,(H,23,27). The molecule has 1 heterocycles. The van der Waals surface area contributed by atoms with Gasteiger partial charge in [-0.05, 0) is 62.1 Å². The van der Waals surface area contributed by atoms with Crippen LogP contribution in [0.4, 0.5) is 0 Å². The van der Waals surface area contributed by atoms with Crippen molar-refractivity contribution in [2.45, 2.75) is 39.2 Å². The van der Waals surface area contributed by atoms with Crippen LogP contribution in [0.15, 0.2) is 53.3 Å². The van der Waals surface area contributed by atoms with E-state index < -0.39 is 0 Å². The Morgan fingerprint density at radius 2 is 1.86 bits per heavy atom. The van der Waals surface area contributed by atoms with Crippen molar-refractivity contribution < 1.29 is 4.79 Å². The van der Waals surface area contributed by atoms with Gasteiger partial charge in [0.25, 0.3) is 5.91 Å². The second-order valence-corrected chi connectivity index (χ2v) is 7.36. The SMILES string of the molecule is Cc1ccc(C(=O)NCCn2nc(C3CC3)n(-c3ccccc3)c2=O)cc1C. The summed E-state index contributed by atoms with van der Waals surface area (Å²) in [5.74, 6) is 1.03. The molecule has 28 heavy (non-hydrogen) atoms. The number of benzene rings is 2. The van der Waals surface area contributed by atoms with Crippen LogP contribution in [0, 0.1) is 13.8 Å². The zero-order chi connectivity index (χ0) is 19.7. The number of nitrogens with one attached hydrogen (secondary N) is 1. The fourth-order valence-corrected chi connectivity index (χ4v) is 3.26. The van der Waals surface area contributed by atoms with E-state index in [9.17, 15) is 9.59 Å². The molecule has 0 unspecified atom stereocenters. The summed E-state index contributed by atoms with van der Waals surface area (Å²) in [5.41, 5.74) is 3.54. The molecule has 0 saturated heterocycles. The van der Waals surface area contributed by atoms with Crippen molar-refractivity contribution in [3.63, 3.8) is 0 Å². The highest BCUT2D eigenvalue weighted by atomic mass is 16.2. The number of hydrogen-bond donors (Lipinski definition) is 1. The summed E-state index contributed by atoms with van der Waals surface area (Å²) >= 11 is 0. The average Bonchev–Trinajstić information content (AvgIpc) is 3.49. The van der Waals surface area contributed by atoms with E-state index in [0.717, 1.165) is 35.5 Å². The van der Waals surface area contributed by atoms with Crippen LogP contribution in [0.5, 0.6) is 0 Å². The van der Waals surface area contributed by atoms with Crippen LogP contribution in [-0.2, 0) is 6.54 Å². The molecule has 4 rings (SSSR count). The predicted octanol–water partition coefficient (Wildman–Crippen LogP) is 2.96. The van der Waals surface area contributed by atoms with Gasteiger partial charge in [0, 0.05) is 18.0 Å². The van der Waals surface area contributed by atoms with E-state index in [1.165, 1.54) is 4.68 Å². The van der Waals surface area contributed by atoms with Gasteiger partial charge in [0.15, 0.2) is 0 Å². The molecule has 1 N–H and O–H groups in total. The summed E-state index contributed by atoms with van der Waals surface area (Å²) in [6.07, 6.45) is 2.12. The Hall–Kier alpha value is -3.15. The van der Waals surface area contributed by atoms with Gasteiger partial charge in [0.2, 0.25) is 0 Å². The molecule has 0 atom stereocenters. The monoisotopic (exact) mass is 376 g/mol. The van der Waals surface area contributed by atoms with Gasteiger partial charge in [-0.15, -0.1) is 0 Å². The molecular weight excluding hydrogens is 352 g/mol. The lowest BCUT2D eigenvalue weighted by molar-refractivity contribution is 0.0951. The normalized spacial score (nSPS) is 13.5. The van der Waals surface area contributed by atoms with E-state index in [4.69, 9.17) is 0 Å². The summed E-state index contributed by atoms with van der Waals surface area (Å²) in [6.45, 7) is 4.70. The molecule has 1 saturated carbocycles. The molecule has 6 nitrogen and oxygen atoms in total. The third-order valence-corrected chi connectivity index (χ3v) is 5.20. The maximum absolute atomic E-state index is 12.9. The fourth-order valence-electron chi connectivity index (χ4n) is 3.26. The summed E-state index contributed by atoms with van der Waals surface area (Å²) in [7, 11) is 0. The smallest absolute Gasteiger partial charge is 0.350 e. The maximum Gasteiger partial charge on any atom is 0.350 e. The van der Waals surface area contributed by atoms with Crippen molar-refractivity contribution in [1.82, 2.24) is 19.7 Å². The quantitative estimate of drug-likeness (QED) is 0.719. The van der Waals surface area contributed by atoms with Crippen molar-refractivity contribution in [3.8, 4) is 5.69 Å². The zero-order valence-corrected chi connectivity index (χ0v) is 16.2. The molecule has 1 aromatic heterocycles. The Labute approximate surface area is 163 Å². The lowest BCUT2D eigenvalue weighted by Gasteiger charge is -2.07. The van der Waals surface area contributed by atoms with Gasteiger partial charge < -0.3 is 5.32 Å². The van der Waals surface area contributed by atoms with Crippen molar-refractivity contribution in [3.05, 3.63) is 81.5 Å². The van der Waals surface area contributed by atoms with Crippen LogP contribution < -0.4 is 11.0 Å². The number of hydrogen-bond acceptors (Lipinski definition) is 3. The van der Waals surface area contributed by atoms with Crippen LogP contribution in [0.3, 0.4) is 0 Å². The van der Waals surface area contributed by atoms with Gasteiger partial charge in [-0.3, -0.25) is 4.79 Å². The van der Waals surface area contributed by atoms with Gasteiger partial charge in [-0.1, -0.05) is 24.3 Å². The summed E-state index contributed by atoms with van der Waals surface area (Å²) in [4.78, 5) is 25.3. The van der Waals surface area contributed by atoms with Crippen molar-refractivity contribution >= 4 is 5.91 Å². The van der Waals surface area contributed by atoms with Gasteiger partial charge in [-0.2, -0.15) is 5.10 Å². The molecule has 1 fully saturated rings. The van der Waals surface area contributed by atoms with Crippen molar-refractivity contribution in [2.75, 3.05) is 6.54 Å². The molecule has 1 aliphatic carbocycles. The van der Waals surface area contributed by atoms with Crippen LogP contribution in [0.1, 0.15) is 46.1 Å². The zero-order valence-electron chi connectivity index (χ0n) is 16.2. The minimum Gasteiger partial charge on any atom is -0.350 e. The minimum atomic E-state index is -0.159. The van der Waals surface area contributed by atoms with Crippen molar-refractivity contribution in [1.29, 1.82) is 0 Å². The summed E-state index contributed by atoms with van der Waals surface area (Å²) < 4.78 is 3.16. The molecule has 1 aliphatic rings. The molecule has 1 amide bonds. The van der Waals surface area contributed by atoms with E-state index in [2.05, 4.69) is 10.4 Å². The van der Waals surface area contributed by atoms with E-state index in [-0.39, 0.29) is 11.6 Å². The third-order valence-electron chi connectivity index (χ3n) is 5.20. The highest BCUT2D eigenvalue weighted by Crippen LogP contribution is 2.39. The number of para-hydroxylation sites is 1. The lowest BCUT2D eigenvalue weighted by atomic mass is 10.1. The predicted molar refractivity (Wildman–Crippen MR) is 108 cm³/mol. The van der Waals surface area contributed by atoms with Crippen molar-refractivity contribution in [2.24, 2.45) is 0 Å². The first-order chi connectivity index (χ1) is 13.5. The minimum absolute atomic E-state index is 0.138. The van der Waals surface area contributed by atoms with Gasteiger partial charge in [0.1, 0.15) is 5.82 Å². The molecule has 2 aromatic carbocycles. The second-order valence-electron chi connectivity index (χ2n) is 7.36. The molecule has 0 radical (unpaired) electrons. The number of carbonyl (C=O) groups excluding carboxylic acids is 1. The Kier molecular flexibility index (Phi) is 4.86. The van der Waals surface area contributed by atoms with Gasteiger partial charge in [-0.25, -0.2) is 14.0 Å². The third kappa shape index (κ3) is 3.63. The molecule has 3 aromatic rings. The average molecular weight is 376 g/mol. The number of nitrogens with zero attached hydrogens (tertiary/aromatic N) is 3. The first kappa shape index (κ1) is 18.2. The van der Waals surface area contributed by atoms with E-state index in [1.807, 2.05) is 62.4 Å². The fraction of sp³-hybridized carbons (Fsp3) is 0.318. The van der Waals surface area contributed by atoms with Gasteiger partial charge in [0.05, 0.1) is 12.2 Å². The number of aromatic nitrogens is 3. The topological polar surface area (TPSA) is 68.9 Å². The van der Waals surface area contributed by atoms with E-state index in [0.29, 0.717) is 24.6 Å². The molecule has 144 valence electrons.